The van der Waals surface area contributed by atoms with E-state index in [0.717, 1.165) is 11.4 Å². The molecule has 0 radical (unpaired) electrons. The Bertz CT molecular complexity index is 646. The number of para-hydroxylation sites is 2. The summed E-state index contributed by atoms with van der Waals surface area (Å²) in [6.07, 6.45) is 0. The second-order valence-corrected chi connectivity index (χ2v) is 4.88. The number of anilines is 2. The summed E-state index contributed by atoms with van der Waals surface area (Å²) >= 11 is 5.24. The van der Waals surface area contributed by atoms with E-state index in [0.29, 0.717) is 23.0 Å². The Labute approximate surface area is 129 Å². The topological polar surface area (TPSA) is 33.3 Å². The van der Waals surface area contributed by atoms with Crippen LogP contribution in [0, 0.1) is 12.7 Å². The third kappa shape index (κ3) is 4.16. The highest BCUT2D eigenvalue weighted by atomic mass is 32.1. The minimum Gasteiger partial charge on any atom is -0.492 e. The first-order valence-electron chi connectivity index (χ1n) is 6.66. The van der Waals surface area contributed by atoms with Gasteiger partial charge in [-0.25, -0.2) is 4.39 Å². The van der Waals surface area contributed by atoms with Gasteiger partial charge in [-0.3, -0.25) is 0 Å². The number of aryl methyl sites for hydroxylation is 1. The maximum absolute atomic E-state index is 13.5. The lowest BCUT2D eigenvalue weighted by atomic mass is 10.2. The quantitative estimate of drug-likeness (QED) is 0.823. The second kappa shape index (κ2) is 7.04. The summed E-state index contributed by atoms with van der Waals surface area (Å²) in [5.41, 5.74) is 1.97. The summed E-state index contributed by atoms with van der Waals surface area (Å²) < 4.78 is 19.0. The molecule has 0 aliphatic rings. The number of thiocarbonyl (C=S) groups is 1. The average Bonchev–Trinajstić information content (AvgIpc) is 2.45. The highest BCUT2D eigenvalue weighted by molar-refractivity contribution is 7.80. The van der Waals surface area contributed by atoms with E-state index in [1.54, 1.807) is 19.1 Å². The fraction of sp³-hybridized carbons (Fsp3) is 0.188. The maximum Gasteiger partial charge on any atom is 0.175 e. The highest BCUT2D eigenvalue weighted by Crippen LogP contribution is 2.24. The lowest BCUT2D eigenvalue weighted by molar-refractivity contribution is 0.342. The number of halogens is 1. The van der Waals surface area contributed by atoms with Crippen molar-refractivity contribution < 1.29 is 9.13 Å². The van der Waals surface area contributed by atoms with E-state index in [4.69, 9.17) is 17.0 Å². The summed E-state index contributed by atoms with van der Waals surface area (Å²) in [4.78, 5) is 0. The van der Waals surface area contributed by atoms with Gasteiger partial charge in [-0.15, -0.1) is 0 Å². The third-order valence-electron chi connectivity index (χ3n) is 2.86. The molecule has 0 aromatic heterocycles. The lowest BCUT2D eigenvalue weighted by Gasteiger charge is -2.14. The van der Waals surface area contributed by atoms with Crippen molar-refractivity contribution >= 4 is 28.7 Å². The molecule has 0 saturated carbocycles. The molecule has 5 heteroatoms. The molecule has 0 spiro atoms. The fourth-order valence-electron chi connectivity index (χ4n) is 1.81. The minimum absolute atomic E-state index is 0.266. The predicted octanol–water partition coefficient (Wildman–Crippen LogP) is 4.34. The van der Waals surface area contributed by atoms with Gasteiger partial charge in [0.05, 0.1) is 12.3 Å². The van der Waals surface area contributed by atoms with Gasteiger partial charge in [0.2, 0.25) is 0 Å². The van der Waals surface area contributed by atoms with E-state index >= 15 is 0 Å². The molecular formula is C16H17FN2OS. The molecule has 0 aliphatic heterocycles. The molecule has 110 valence electrons. The molecule has 0 atom stereocenters. The fourth-order valence-corrected chi connectivity index (χ4v) is 2.03. The molecule has 0 unspecified atom stereocenters. The van der Waals surface area contributed by atoms with Crippen molar-refractivity contribution in [1.82, 2.24) is 0 Å². The zero-order valence-electron chi connectivity index (χ0n) is 11.9. The summed E-state index contributed by atoms with van der Waals surface area (Å²) in [6.45, 7) is 4.21. The van der Waals surface area contributed by atoms with E-state index in [1.807, 2.05) is 31.2 Å². The predicted molar refractivity (Wildman–Crippen MR) is 88.6 cm³/mol. The second-order valence-electron chi connectivity index (χ2n) is 4.47. The summed E-state index contributed by atoms with van der Waals surface area (Å²) in [5.74, 6) is 0.455. The van der Waals surface area contributed by atoms with E-state index in [-0.39, 0.29) is 5.82 Å². The van der Waals surface area contributed by atoms with Gasteiger partial charge >= 0.3 is 0 Å². The molecule has 2 aromatic carbocycles. The first kappa shape index (κ1) is 15.3. The Hall–Kier alpha value is -2.14. The minimum atomic E-state index is -0.266. The monoisotopic (exact) mass is 304 g/mol. The number of ether oxygens (including phenoxy) is 1. The van der Waals surface area contributed by atoms with E-state index in [1.165, 1.54) is 6.07 Å². The molecule has 3 nitrogen and oxygen atoms in total. The largest absolute Gasteiger partial charge is 0.492 e. The van der Waals surface area contributed by atoms with Crippen molar-refractivity contribution in [2.75, 3.05) is 17.2 Å². The van der Waals surface area contributed by atoms with Crippen molar-refractivity contribution in [3.05, 3.63) is 53.8 Å². The van der Waals surface area contributed by atoms with Crippen LogP contribution in [0.1, 0.15) is 12.5 Å². The normalized spacial score (nSPS) is 10.0. The average molecular weight is 304 g/mol. The highest BCUT2D eigenvalue weighted by Gasteiger charge is 2.06. The lowest BCUT2D eigenvalue weighted by Crippen LogP contribution is -2.19. The molecular weight excluding hydrogens is 287 g/mol. The molecule has 0 aliphatic carbocycles. The molecule has 2 aromatic rings. The van der Waals surface area contributed by atoms with Crippen molar-refractivity contribution in [3.8, 4) is 5.75 Å². The van der Waals surface area contributed by atoms with Gasteiger partial charge in [0.15, 0.2) is 5.11 Å². The summed E-state index contributed by atoms with van der Waals surface area (Å²) in [5, 5.41) is 6.38. The zero-order valence-corrected chi connectivity index (χ0v) is 12.8. The molecule has 0 amide bonds. The number of benzene rings is 2. The van der Waals surface area contributed by atoms with Crippen LogP contribution in [0.25, 0.3) is 0 Å². The molecule has 21 heavy (non-hydrogen) atoms. The zero-order chi connectivity index (χ0) is 15.2. The molecule has 2 N–H and O–H groups in total. The Balaban J connectivity index is 2.06. The van der Waals surface area contributed by atoms with Crippen molar-refractivity contribution in [2.24, 2.45) is 0 Å². The van der Waals surface area contributed by atoms with Crippen LogP contribution < -0.4 is 15.4 Å². The molecule has 0 saturated heterocycles. The Kier molecular flexibility index (Phi) is 5.11. The van der Waals surface area contributed by atoms with Crippen LogP contribution in [0.2, 0.25) is 0 Å². The van der Waals surface area contributed by atoms with Gasteiger partial charge in [-0.05, 0) is 55.9 Å². The SMILES string of the molecule is CCOc1ccccc1NC(=S)Nc1ccc(C)c(F)c1. The number of hydrogen-bond acceptors (Lipinski definition) is 2. The first-order chi connectivity index (χ1) is 10.1. The first-order valence-corrected chi connectivity index (χ1v) is 7.07. The Morgan fingerprint density at radius 2 is 1.95 bits per heavy atom. The van der Waals surface area contributed by atoms with Gasteiger partial charge in [-0.2, -0.15) is 0 Å². The van der Waals surface area contributed by atoms with Crippen LogP contribution in [0.3, 0.4) is 0 Å². The standard InChI is InChI=1S/C16H17FN2OS/c1-3-20-15-7-5-4-6-14(15)19-16(21)18-12-9-8-11(2)13(17)10-12/h4-10H,3H2,1-2H3,(H2,18,19,21). The molecule has 0 fully saturated rings. The number of rotatable bonds is 4. The van der Waals surface area contributed by atoms with Crippen LogP contribution in [-0.2, 0) is 0 Å². The molecule has 0 heterocycles. The van der Waals surface area contributed by atoms with Gasteiger partial charge in [0, 0.05) is 5.69 Å². The van der Waals surface area contributed by atoms with Crippen molar-refractivity contribution in [3.63, 3.8) is 0 Å². The van der Waals surface area contributed by atoms with Crippen LogP contribution in [0.4, 0.5) is 15.8 Å². The summed E-state index contributed by atoms with van der Waals surface area (Å²) in [6, 6.07) is 12.4. The van der Waals surface area contributed by atoms with E-state index in [9.17, 15) is 4.39 Å². The van der Waals surface area contributed by atoms with Gasteiger partial charge in [0.25, 0.3) is 0 Å². The third-order valence-corrected chi connectivity index (χ3v) is 3.07. The Morgan fingerprint density at radius 1 is 1.19 bits per heavy atom. The number of nitrogens with one attached hydrogen (secondary N) is 2. The molecule has 2 rings (SSSR count). The van der Waals surface area contributed by atoms with Crippen LogP contribution in [-0.4, -0.2) is 11.7 Å². The van der Waals surface area contributed by atoms with Gasteiger partial charge in [-0.1, -0.05) is 18.2 Å². The smallest absolute Gasteiger partial charge is 0.175 e. The van der Waals surface area contributed by atoms with Gasteiger partial charge < -0.3 is 15.4 Å². The van der Waals surface area contributed by atoms with Crippen molar-refractivity contribution in [1.29, 1.82) is 0 Å². The Morgan fingerprint density at radius 3 is 2.67 bits per heavy atom. The van der Waals surface area contributed by atoms with E-state index < -0.39 is 0 Å². The number of hydrogen-bond donors (Lipinski definition) is 2. The van der Waals surface area contributed by atoms with Crippen molar-refractivity contribution in [2.45, 2.75) is 13.8 Å². The van der Waals surface area contributed by atoms with Gasteiger partial charge in [0.1, 0.15) is 11.6 Å². The summed E-state index contributed by atoms with van der Waals surface area (Å²) in [7, 11) is 0. The van der Waals surface area contributed by atoms with E-state index in [2.05, 4.69) is 10.6 Å². The molecule has 0 bridgehead atoms. The van der Waals surface area contributed by atoms with Crippen LogP contribution in [0.5, 0.6) is 5.75 Å². The van der Waals surface area contributed by atoms with Crippen LogP contribution >= 0.6 is 12.2 Å². The maximum atomic E-state index is 13.5. The van der Waals surface area contributed by atoms with Crippen LogP contribution in [0.15, 0.2) is 42.5 Å².